The van der Waals surface area contributed by atoms with Gasteiger partial charge in [0.05, 0.1) is 17.1 Å². The van der Waals surface area contributed by atoms with Crippen molar-refractivity contribution < 1.29 is 4.79 Å². The Labute approximate surface area is 132 Å². The van der Waals surface area contributed by atoms with Gasteiger partial charge in [0.2, 0.25) is 0 Å². The van der Waals surface area contributed by atoms with Crippen LogP contribution < -0.4 is 5.32 Å². The summed E-state index contributed by atoms with van der Waals surface area (Å²) in [6.45, 7) is 0. The number of nitriles is 1. The largest absolute Gasteiger partial charge is 0.354 e. The Kier molecular flexibility index (Phi) is 3.58. The maximum Gasteiger partial charge on any atom is 0.267 e. The number of hydrogen-bond acceptors (Lipinski definition) is 2. The van der Waals surface area contributed by atoms with Gasteiger partial charge >= 0.3 is 0 Å². The Morgan fingerprint density at radius 2 is 1.95 bits per heavy atom. The van der Waals surface area contributed by atoms with Gasteiger partial charge in [-0.05, 0) is 35.9 Å². The summed E-state index contributed by atoms with van der Waals surface area (Å²) in [4.78, 5) is 14.9. The number of nitrogens with zero attached hydrogens (tertiary/aromatic N) is 1. The molecule has 0 unspecified atom stereocenters. The predicted molar refractivity (Wildman–Crippen MR) is 86.8 cm³/mol. The van der Waals surface area contributed by atoms with Gasteiger partial charge in [0.15, 0.2) is 0 Å². The smallest absolute Gasteiger partial charge is 0.267 e. The van der Waals surface area contributed by atoms with Gasteiger partial charge in [-0.2, -0.15) is 5.26 Å². The zero-order valence-electron chi connectivity index (χ0n) is 11.8. The molecule has 0 bridgehead atoms. The maximum absolute atomic E-state index is 11.8. The molecule has 108 valence electrons. The van der Waals surface area contributed by atoms with Crippen molar-refractivity contribution in [1.82, 2.24) is 10.3 Å². The van der Waals surface area contributed by atoms with E-state index in [0.717, 1.165) is 22.0 Å². The standard InChI is InChI=1S/C17H12ClN3O/c1-20-17(22)15-8-12-6-10(9-19)7-14(16(12)21-15)11-2-4-13(18)5-3-11/h2-8,21H,1H3,(H,20,22). The van der Waals surface area contributed by atoms with Gasteiger partial charge in [-0.3, -0.25) is 4.79 Å². The normalized spacial score (nSPS) is 10.4. The molecule has 0 radical (unpaired) electrons. The van der Waals surface area contributed by atoms with Crippen LogP contribution in [0.2, 0.25) is 5.02 Å². The van der Waals surface area contributed by atoms with Crippen LogP contribution in [0.3, 0.4) is 0 Å². The first-order valence-electron chi connectivity index (χ1n) is 6.67. The van der Waals surface area contributed by atoms with Gasteiger partial charge in [0.25, 0.3) is 5.91 Å². The number of H-pyrrole nitrogens is 1. The first-order chi connectivity index (χ1) is 10.6. The van der Waals surface area contributed by atoms with Crippen molar-refractivity contribution >= 4 is 28.4 Å². The summed E-state index contributed by atoms with van der Waals surface area (Å²) >= 11 is 5.93. The van der Waals surface area contributed by atoms with E-state index in [-0.39, 0.29) is 5.91 Å². The van der Waals surface area contributed by atoms with Gasteiger partial charge in [0.1, 0.15) is 5.69 Å². The monoisotopic (exact) mass is 309 g/mol. The molecular formula is C17H12ClN3O. The summed E-state index contributed by atoms with van der Waals surface area (Å²) in [6, 6.07) is 14.8. The second kappa shape index (κ2) is 5.55. The number of rotatable bonds is 2. The van der Waals surface area contributed by atoms with Crippen molar-refractivity contribution in [2.75, 3.05) is 7.05 Å². The molecule has 3 rings (SSSR count). The number of aromatic nitrogens is 1. The fourth-order valence-electron chi connectivity index (χ4n) is 2.42. The number of amides is 1. The van der Waals surface area contributed by atoms with E-state index in [0.29, 0.717) is 16.3 Å². The minimum absolute atomic E-state index is 0.197. The number of carbonyl (C=O) groups is 1. The molecule has 22 heavy (non-hydrogen) atoms. The molecule has 0 fully saturated rings. The molecule has 5 heteroatoms. The molecular weight excluding hydrogens is 298 g/mol. The Balaban J connectivity index is 2.27. The van der Waals surface area contributed by atoms with Crippen LogP contribution in [0.1, 0.15) is 16.1 Å². The molecule has 2 aromatic carbocycles. The third-order valence-electron chi connectivity index (χ3n) is 3.48. The SMILES string of the molecule is CNC(=O)c1cc2cc(C#N)cc(-c3ccc(Cl)cc3)c2[nH]1. The van der Waals surface area contributed by atoms with Crippen LogP contribution in [0.4, 0.5) is 0 Å². The van der Waals surface area contributed by atoms with Gasteiger partial charge < -0.3 is 10.3 Å². The predicted octanol–water partition coefficient (Wildman–Crippen LogP) is 3.72. The number of fused-ring (bicyclic) bond motifs is 1. The topological polar surface area (TPSA) is 68.7 Å². The van der Waals surface area contributed by atoms with Crippen LogP contribution in [0, 0.1) is 11.3 Å². The van der Waals surface area contributed by atoms with Crippen LogP contribution in [0.5, 0.6) is 0 Å². The van der Waals surface area contributed by atoms with Crippen LogP contribution >= 0.6 is 11.6 Å². The molecule has 0 aliphatic heterocycles. The summed E-state index contributed by atoms with van der Waals surface area (Å²) in [6.07, 6.45) is 0. The van der Waals surface area contributed by atoms with Crippen molar-refractivity contribution in [3.05, 3.63) is 58.7 Å². The van der Waals surface area contributed by atoms with E-state index >= 15 is 0 Å². The lowest BCUT2D eigenvalue weighted by Gasteiger charge is -2.05. The van der Waals surface area contributed by atoms with Gasteiger partial charge in [-0.25, -0.2) is 0 Å². The summed E-state index contributed by atoms with van der Waals surface area (Å²) in [5.41, 5.74) is 3.61. The number of benzene rings is 2. The fraction of sp³-hybridized carbons (Fsp3) is 0.0588. The van der Waals surface area contributed by atoms with Gasteiger partial charge in [-0.1, -0.05) is 23.7 Å². The number of hydrogen-bond donors (Lipinski definition) is 2. The number of aromatic amines is 1. The highest BCUT2D eigenvalue weighted by molar-refractivity contribution is 6.30. The molecule has 2 N–H and O–H groups in total. The van der Waals surface area contributed by atoms with E-state index in [4.69, 9.17) is 11.6 Å². The Morgan fingerprint density at radius 3 is 2.59 bits per heavy atom. The van der Waals surface area contributed by atoms with Crippen LogP contribution in [-0.2, 0) is 0 Å². The molecule has 0 aliphatic rings. The lowest BCUT2D eigenvalue weighted by atomic mass is 10.0. The van der Waals surface area contributed by atoms with E-state index in [2.05, 4.69) is 16.4 Å². The third kappa shape index (κ3) is 2.43. The van der Waals surface area contributed by atoms with Crippen molar-refractivity contribution in [3.63, 3.8) is 0 Å². The average molecular weight is 310 g/mol. The molecule has 0 atom stereocenters. The van der Waals surface area contributed by atoms with E-state index in [9.17, 15) is 10.1 Å². The van der Waals surface area contributed by atoms with Crippen LogP contribution in [0.25, 0.3) is 22.0 Å². The molecule has 3 aromatic rings. The number of nitrogens with one attached hydrogen (secondary N) is 2. The van der Waals surface area contributed by atoms with E-state index in [1.165, 1.54) is 0 Å². The summed E-state index contributed by atoms with van der Waals surface area (Å²) in [5.74, 6) is -0.197. The third-order valence-corrected chi connectivity index (χ3v) is 3.74. The molecule has 1 amide bonds. The van der Waals surface area contributed by atoms with Crippen LogP contribution in [-0.4, -0.2) is 17.9 Å². The van der Waals surface area contributed by atoms with Crippen molar-refractivity contribution in [2.45, 2.75) is 0 Å². The highest BCUT2D eigenvalue weighted by Gasteiger charge is 2.13. The van der Waals surface area contributed by atoms with Gasteiger partial charge in [-0.15, -0.1) is 0 Å². The second-order valence-corrected chi connectivity index (χ2v) is 5.31. The fourth-order valence-corrected chi connectivity index (χ4v) is 2.55. The Hall–Kier alpha value is -2.77. The molecule has 1 heterocycles. The van der Waals surface area contributed by atoms with Crippen molar-refractivity contribution in [3.8, 4) is 17.2 Å². The lowest BCUT2D eigenvalue weighted by molar-refractivity contribution is 0.0959. The minimum Gasteiger partial charge on any atom is -0.354 e. The Morgan fingerprint density at radius 1 is 1.23 bits per heavy atom. The summed E-state index contributed by atoms with van der Waals surface area (Å²) in [5, 5.41) is 13.3. The highest BCUT2D eigenvalue weighted by atomic mass is 35.5. The van der Waals surface area contributed by atoms with Gasteiger partial charge in [0, 0.05) is 23.0 Å². The minimum atomic E-state index is -0.197. The molecule has 1 aromatic heterocycles. The zero-order valence-corrected chi connectivity index (χ0v) is 12.5. The average Bonchev–Trinajstić information content (AvgIpc) is 2.98. The Bertz CT molecular complexity index is 904. The molecule has 0 aliphatic carbocycles. The highest BCUT2D eigenvalue weighted by Crippen LogP contribution is 2.31. The molecule has 0 spiro atoms. The molecule has 0 saturated heterocycles. The van der Waals surface area contributed by atoms with E-state index in [1.54, 1.807) is 37.4 Å². The van der Waals surface area contributed by atoms with Crippen LogP contribution in [0.15, 0.2) is 42.5 Å². The first-order valence-corrected chi connectivity index (χ1v) is 7.05. The quantitative estimate of drug-likeness (QED) is 0.757. The van der Waals surface area contributed by atoms with Crippen molar-refractivity contribution in [1.29, 1.82) is 5.26 Å². The first kappa shape index (κ1) is 14.2. The van der Waals surface area contributed by atoms with E-state index < -0.39 is 0 Å². The lowest BCUT2D eigenvalue weighted by Crippen LogP contribution is -2.17. The second-order valence-electron chi connectivity index (χ2n) is 4.87. The number of carbonyl (C=O) groups excluding carboxylic acids is 1. The molecule has 4 nitrogen and oxygen atoms in total. The molecule has 0 saturated carbocycles. The zero-order chi connectivity index (χ0) is 15.7. The number of halogens is 1. The van der Waals surface area contributed by atoms with Crippen molar-refractivity contribution in [2.24, 2.45) is 0 Å². The maximum atomic E-state index is 11.8. The van der Waals surface area contributed by atoms with E-state index in [1.807, 2.05) is 12.1 Å². The summed E-state index contributed by atoms with van der Waals surface area (Å²) in [7, 11) is 1.58. The summed E-state index contributed by atoms with van der Waals surface area (Å²) < 4.78 is 0.